The number of rotatable bonds is 5. The SMILES string of the molecule is O=C(Cc1cccc2ccccc12)C(c1ccccc1)c1ccccc1. The third kappa shape index (κ3) is 3.29. The summed E-state index contributed by atoms with van der Waals surface area (Å²) >= 11 is 0. The molecule has 126 valence electrons. The van der Waals surface area contributed by atoms with Crippen molar-refractivity contribution in [1.82, 2.24) is 0 Å². The largest absolute Gasteiger partial charge is 0.298 e. The summed E-state index contributed by atoms with van der Waals surface area (Å²) in [6.45, 7) is 0. The molecule has 0 aromatic heterocycles. The average molecular weight is 336 g/mol. The van der Waals surface area contributed by atoms with Crippen molar-refractivity contribution in [3.05, 3.63) is 120 Å². The predicted molar refractivity (Wildman–Crippen MR) is 107 cm³/mol. The van der Waals surface area contributed by atoms with Gasteiger partial charge in [0.05, 0.1) is 5.92 Å². The summed E-state index contributed by atoms with van der Waals surface area (Å²) in [5.74, 6) is -0.0184. The van der Waals surface area contributed by atoms with Crippen LogP contribution in [-0.4, -0.2) is 5.78 Å². The van der Waals surface area contributed by atoms with Crippen LogP contribution in [0.4, 0.5) is 0 Å². The number of fused-ring (bicyclic) bond motifs is 1. The van der Waals surface area contributed by atoms with Crippen molar-refractivity contribution in [2.24, 2.45) is 0 Å². The lowest BCUT2D eigenvalue weighted by molar-refractivity contribution is -0.119. The average Bonchev–Trinajstić information content (AvgIpc) is 2.70. The van der Waals surface area contributed by atoms with Gasteiger partial charge in [-0.25, -0.2) is 0 Å². The summed E-state index contributed by atoms with van der Waals surface area (Å²) in [6.07, 6.45) is 0.426. The van der Waals surface area contributed by atoms with Gasteiger partial charge < -0.3 is 0 Å². The highest BCUT2D eigenvalue weighted by molar-refractivity contribution is 5.95. The first-order chi connectivity index (χ1) is 12.8. The van der Waals surface area contributed by atoms with E-state index in [1.54, 1.807) is 0 Å². The number of Topliss-reactive ketones (excluding diaryl/α,β-unsaturated/α-hetero) is 1. The molecule has 26 heavy (non-hydrogen) atoms. The van der Waals surface area contributed by atoms with E-state index in [9.17, 15) is 4.79 Å². The van der Waals surface area contributed by atoms with Gasteiger partial charge >= 0.3 is 0 Å². The Bertz CT molecular complexity index is 975. The summed E-state index contributed by atoms with van der Waals surface area (Å²) in [7, 11) is 0. The number of carbonyl (C=O) groups is 1. The Morgan fingerprint density at radius 3 is 1.81 bits per heavy atom. The molecule has 1 heteroatoms. The van der Waals surface area contributed by atoms with E-state index in [1.807, 2.05) is 78.9 Å². The van der Waals surface area contributed by atoms with Gasteiger partial charge in [0.25, 0.3) is 0 Å². The minimum Gasteiger partial charge on any atom is -0.298 e. The maximum absolute atomic E-state index is 13.4. The Morgan fingerprint density at radius 1 is 0.615 bits per heavy atom. The van der Waals surface area contributed by atoms with Gasteiger partial charge in [0, 0.05) is 6.42 Å². The normalized spacial score (nSPS) is 11.0. The molecule has 1 nitrogen and oxygen atoms in total. The van der Waals surface area contributed by atoms with Crippen molar-refractivity contribution < 1.29 is 4.79 Å². The molecular weight excluding hydrogens is 316 g/mol. The zero-order valence-electron chi connectivity index (χ0n) is 14.5. The maximum Gasteiger partial charge on any atom is 0.149 e. The summed E-state index contributed by atoms with van der Waals surface area (Å²) < 4.78 is 0. The van der Waals surface area contributed by atoms with Crippen LogP contribution >= 0.6 is 0 Å². The molecule has 0 heterocycles. The molecule has 0 aliphatic heterocycles. The number of carbonyl (C=O) groups excluding carboxylic acids is 1. The lowest BCUT2D eigenvalue weighted by Gasteiger charge is -2.17. The fourth-order valence-electron chi connectivity index (χ4n) is 3.59. The lowest BCUT2D eigenvalue weighted by Crippen LogP contribution is -2.16. The zero-order chi connectivity index (χ0) is 17.8. The van der Waals surface area contributed by atoms with Crippen molar-refractivity contribution in [2.75, 3.05) is 0 Å². The lowest BCUT2D eigenvalue weighted by atomic mass is 9.84. The van der Waals surface area contributed by atoms with Crippen LogP contribution < -0.4 is 0 Å². The van der Waals surface area contributed by atoms with Gasteiger partial charge in [-0.3, -0.25) is 4.79 Å². The number of hydrogen-bond donors (Lipinski definition) is 0. The summed E-state index contributed by atoms with van der Waals surface area (Å²) in [4.78, 5) is 13.4. The highest BCUT2D eigenvalue weighted by atomic mass is 16.1. The van der Waals surface area contributed by atoms with E-state index in [0.29, 0.717) is 6.42 Å². The van der Waals surface area contributed by atoms with E-state index in [2.05, 4.69) is 24.3 Å². The molecule has 0 aliphatic rings. The molecule has 0 N–H and O–H groups in total. The van der Waals surface area contributed by atoms with Crippen molar-refractivity contribution in [3.8, 4) is 0 Å². The molecule has 4 aromatic carbocycles. The van der Waals surface area contributed by atoms with E-state index < -0.39 is 0 Å². The quantitative estimate of drug-likeness (QED) is 0.451. The first-order valence-electron chi connectivity index (χ1n) is 8.92. The van der Waals surface area contributed by atoms with Gasteiger partial charge in [-0.1, -0.05) is 103 Å². The first-order valence-corrected chi connectivity index (χ1v) is 8.92. The summed E-state index contributed by atoms with van der Waals surface area (Å²) in [6, 6.07) is 34.6. The first kappa shape index (κ1) is 16.3. The monoisotopic (exact) mass is 336 g/mol. The standard InChI is InChI=1S/C25H20O/c26-24(18-22-16-9-15-19-10-7-8-17-23(19)22)25(20-11-3-1-4-12-20)21-13-5-2-6-14-21/h1-17,25H,18H2. The van der Waals surface area contributed by atoms with Crippen molar-refractivity contribution in [1.29, 1.82) is 0 Å². The molecule has 4 rings (SSSR count). The fourth-order valence-corrected chi connectivity index (χ4v) is 3.59. The maximum atomic E-state index is 13.4. The van der Waals surface area contributed by atoms with Gasteiger partial charge in [0.1, 0.15) is 5.78 Å². The van der Waals surface area contributed by atoms with Gasteiger partial charge in [0.15, 0.2) is 0 Å². The molecular formula is C25H20O. The minimum atomic E-state index is -0.239. The van der Waals surface area contributed by atoms with Gasteiger partial charge in [-0.05, 0) is 27.5 Å². The second-order valence-electron chi connectivity index (χ2n) is 6.54. The molecule has 0 amide bonds. The van der Waals surface area contributed by atoms with Crippen LogP contribution in [0.25, 0.3) is 10.8 Å². The molecule has 0 radical (unpaired) electrons. The molecule has 0 atom stereocenters. The van der Waals surface area contributed by atoms with E-state index in [1.165, 1.54) is 5.39 Å². The molecule has 0 fully saturated rings. The van der Waals surface area contributed by atoms with Gasteiger partial charge in [0.2, 0.25) is 0 Å². The van der Waals surface area contributed by atoms with E-state index >= 15 is 0 Å². The Hall–Kier alpha value is -3.19. The number of ketones is 1. The topological polar surface area (TPSA) is 17.1 Å². The second-order valence-corrected chi connectivity index (χ2v) is 6.54. The fraction of sp³-hybridized carbons (Fsp3) is 0.0800. The summed E-state index contributed by atoms with van der Waals surface area (Å²) in [5.41, 5.74) is 3.18. The third-order valence-corrected chi connectivity index (χ3v) is 4.83. The minimum absolute atomic E-state index is 0.221. The molecule has 0 saturated heterocycles. The van der Waals surface area contributed by atoms with Crippen LogP contribution in [0, 0.1) is 0 Å². The Labute approximate surface area is 153 Å². The van der Waals surface area contributed by atoms with Gasteiger partial charge in [-0.2, -0.15) is 0 Å². The Morgan fingerprint density at radius 2 is 1.15 bits per heavy atom. The predicted octanol–water partition coefficient (Wildman–Crippen LogP) is 5.78. The summed E-state index contributed by atoms with van der Waals surface area (Å²) in [5, 5.41) is 2.33. The number of hydrogen-bond acceptors (Lipinski definition) is 1. The van der Waals surface area contributed by atoms with Gasteiger partial charge in [-0.15, -0.1) is 0 Å². The van der Waals surface area contributed by atoms with Crippen LogP contribution in [0.15, 0.2) is 103 Å². The van der Waals surface area contributed by atoms with Crippen molar-refractivity contribution in [3.63, 3.8) is 0 Å². The Kier molecular flexibility index (Phi) is 4.61. The van der Waals surface area contributed by atoms with Crippen LogP contribution in [0.1, 0.15) is 22.6 Å². The zero-order valence-corrected chi connectivity index (χ0v) is 14.5. The van der Waals surface area contributed by atoms with Crippen molar-refractivity contribution >= 4 is 16.6 Å². The van der Waals surface area contributed by atoms with E-state index in [0.717, 1.165) is 22.1 Å². The third-order valence-electron chi connectivity index (χ3n) is 4.83. The van der Waals surface area contributed by atoms with E-state index in [4.69, 9.17) is 0 Å². The van der Waals surface area contributed by atoms with E-state index in [-0.39, 0.29) is 11.7 Å². The molecule has 0 aliphatic carbocycles. The smallest absolute Gasteiger partial charge is 0.149 e. The van der Waals surface area contributed by atoms with Crippen LogP contribution in [0.5, 0.6) is 0 Å². The van der Waals surface area contributed by atoms with Crippen LogP contribution in [-0.2, 0) is 11.2 Å². The van der Waals surface area contributed by atoms with Crippen LogP contribution in [0.3, 0.4) is 0 Å². The molecule has 0 unspecified atom stereocenters. The highest BCUT2D eigenvalue weighted by Gasteiger charge is 2.23. The second kappa shape index (κ2) is 7.37. The Balaban J connectivity index is 1.73. The van der Waals surface area contributed by atoms with Crippen molar-refractivity contribution in [2.45, 2.75) is 12.3 Å². The molecule has 0 spiro atoms. The molecule has 0 saturated carbocycles. The number of benzene rings is 4. The van der Waals surface area contributed by atoms with Crippen LogP contribution in [0.2, 0.25) is 0 Å². The molecule has 0 bridgehead atoms. The highest BCUT2D eigenvalue weighted by Crippen LogP contribution is 2.28. The molecule has 4 aromatic rings.